The number of amides is 2. The van der Waals surface area contributed by atoms with E-state index in [-0.39, 0.29) is 12.6 Å². The average Bonchev–Trinajstić information content (AvgIpc) is 2.93. The Labute approximate surface area is 136 Å². The van der Waals surface area contributed by atoms with Gasteiger partial charge >= 0.3 is 12.0 Å². The minimum atomic E-state index is -0.849. The molecule has 126 valence electrons. The maximum absolute atomic E-state index is 12.1. The second-order valence-corrected chi connectivity index (χ2v) is 6.06. The Morgan fingerprint density at radius 3 is 2.78 bits per heavy atom. The third-order valence-electron chi connectivity index (χ3n) is 4.22. The van der Waals surface area contributed by atoms with Crippen molar-refractivity contribution < 1.29 is 19.4 Å². The molecule has 1 saturated heterocycles. The van der Waals surface area contributed by atoms with E-state index in [4.69, 9.17) is 4.74 Å². The van der Waals surface area contributed by atoms with Gasteiger partial charge in [-0.15, -0.1) is 0 Å². The van der Waals surface area contributed by atoms with Gasteiger partial charge in [0.1, 0.15) is 5.75 Å². The number of urea groups is 1. The monoisotopic (exact) mass is 320 g/mol. The SMILES string of the molecule is CCOc1ccccc1CCNC(=O)N1CCC(C)(C(=O)O)C1. The summed E-state index contributed by atoms with van der Waals surface area (Å²) in [5.74, 6) is -0.0117. The molecule has 0 spiro atoms. The van der Waals surface area contributed by atoms with Crippen LogP contribution in [0.3, 0.4) is 0 Å². The van der Waals surface area contributed by atoms with E-state index in [1.807, 2.05) is 31.2 Å². The molecule has 0 aliphatic carbocycles. The molecule has 1 aliphatic rings. The van der Waals surface area contributed by atoms with Crippen LogP contribution in [-0.4, -0.2) is 48.2 Å². The van der Waals surface area contributed by atoms with Crippen LogP contribution in [0.2, 0.25) is 0 Å². The first-order valence-electron chi connectivity index (χ1n) is 7.93. The van der Waals surface area contributed by atoms with Crippen LogP contribution >= 0.6 is 0 Å². The predicted octanol–water partition coefficient (Wildman–Crippen LogP) is 2.13. The van der Waals surface area contributed by atoms with Crippen LogP contribution < -0.4 is 10.1 Å². The number of nitrogens with zero attached hydrogens (tertiary/aromatic N) is 1. The van der Waals surface area contributed by atoms with Gasteiger partial charge in [-0.1, -0.05) is 18.2 Å². The van der Waals surface area contributed by atoms with E-state index in [1.165, 1.54) is 0 Å². The molecule has 0 bridgehead atoms. The standard InChI is InChI=1S/C17H24N2O4/c1-3-23-14-7-5-4-6-13(14)8-10-18-16(22)19-11-9-17(2,12-19)15(20)21/h4-7H,3,8-12H2,1-2H3,(H,18,22)(H,20,21). The molecule has 2 N–H and O–H groups in total. The lowest BCUT2D eigenvalue weighted by atomic mass is 9.90. The summed E-state index contributed by atoms with van der Waals surface area (Å²) in [4.78, 5) is 24.9. The highest BCUT2D eigenvalue weighted by atomic mass is 16.5. The van der Waals surface area contributed by atoms with E-state index in [9.17, 15) is 14.7 Å². The van der Waals surface area contributed by atoms with E-state index < -0.39 is 11.4 Å². The van der Waals surface area contributed by atoms with Gasteiger partial charge in [0.15, 0.2) is 0 Å². The van der Waals surface area contributed by atoms with Gasteiger partial charge in [-0.3, -0.25) is 4.79 Å². The molecule has 1 fully saturated rings. The van der Waals surface area contributed by atoms with Crippen molar-refractivity contribution in [2.45, 2.75) is 26.7 Å². The third kappa shape index (κ3) is 4.15. The number of benzene rings is 1. The molecule has 0 radical (unpaired) electrons. The van der Waals surface area contributed by atoms with Crippen LogP contribution in [0.25, 0.3) is 0 Å². The van der Waals surface area contributed by atoms with Crippen LogP contribution in [0.5, 0.6) is 5.75 Å². The van der Waals surface area contributed by atoms with Gasteiger partial charge in [-0.2, -0.15) is 0 Å². The molecular weight excluding hydrogens is 296 g/mol. The first-order valence-corrected chi connectivity index (χ1v) is 7.93. The number of hydrogen-bond acceptors (Lipinski definition) is 3. The average molecular weight is 320 g/mol. The molecule has 1 aromatic rings. The van der Waals surface area contributed by atoms with Gasteiger partial charge in [-0.05, 0) is 38.3 Å². The molecule has 6 nitrogen and oxygen atoms in total. The number of likely N-dealkylation sites (tertiary alicyclic amines) is 1. The Kier molecular flexibility index (Phi) is 5.47. The molecule has 23 heavy (non-hydrogen) atoms. The van der Waals surface area contributed by atoms with Crippen molar-refractivity contribution in [1.29, 1.82) is 0 Å². The molecule has 1 aromatic carbocycles. The second kappa shape index (κ2) is 7.35. The van der Waals surface area contributed by atoms with Crippen molar-refractivity contribution in [3.8, 4) is 5.75 Å². The highest BCUT2D eigenvalue weighted by molar-refractivity contribution is 5.79. The highest BCUT2D eigenvalue weighted by Gasteiger charge is 2.42. The Balaban J connectivity index is 1.83. The van der Waals surface area contributed by atoms with Crippen molar-refractivity contribution in [3.63, 3.8) is 0 Å². The minimum Gasteiger partial charge on any atom is -0.494 e. The Morgan fingerprint density at radius 1 is 1.39 bits per heavy atom. The summed E-state index contributed by atoms with van der Waals surface area (Å²) < 4.78 is 5.56. The quantitative estimate of drug-likeness (QED) is 0.841. The normalized spacial score (nSPS) is 20.3. The van der Waals surface area contributed by atoms with Crippen LogP contribution in [0.15, 0.2) is 24.3 Å². The van der Waals surface area contributed by atoms with Crippen LogP contribution in [0, 0.1) is 5.41 Å². The summed E-state index contributed by atoms with van der Waals surface area (Å²) in [5.41, 5.74) is 0.213. The molecule has 1 aliphatic heterocycles. The lowest BCUT2D eigenvalue weighted by molar-refractivity contribution is -0.146. The number of para-hydroxylation sites is 1. The van der Waals surface area contributed by atoms with Crippen molar-refractivity contribution in [2.24, 2.45) is 5.41 Å². The summed E-state index contributed by atoms with van der Waals surface area (Å²) in [6.07, 6.45) is 1.16. The summed E-state index contributed by atoms with van der Waals surface area (Å²) >= 11 is 0. The molecule has 1 unspecified atom stereocenters. The Morgan fingerprint density at radius 2 is 2.13 bits per heavy atom. The van der Waals surface area contributed by atoms with E-state index in [1.54, 1.807) is 11.8 Å². The van der Waals surface area contributed by atoms with E-state index in [0.29, 0.717) is 32.5 Å². The molecule has 1 atom stereocenters. The number of carbonyl (C=O) groups excluding carboxylic acids is 1. The maximum atomic E-state index is 12.1. The van der Waals surface area contributed by atoms with Crippen molar-refractivity contribution in [3.05, 3.63) is 29.8 Å². The van der Waals surface area contributed by atoms with Gasteiger partial charge in [0.05, 0.1) is 12.0 Å². The second-order valence-electron chi connectivity index (χ2n) is 6.06. The zero-order valence-electron chi connectivity index (χ0n) is 13.7. The van der Waals surface area contributed by atoms with E-state index in [2.05, 4.69) is 5.32 Å². The number of carboxylic acids is 1. The number of carbonyl (C=O) groups is 2. The Bertz CT molecular complexity index is 575. The zero-order valence-corrected chi connectivity index (χ0v) is 13.7. The predicted molar refractivity (Wildman–Crippen MR) is 86.6 cm³/mol. The topological polar surface area (TPSA) is 78.9 Å². The number of nitrogens with one attached hydrogen (secondary N) is 1. The van der Waals surface area contributed by atoms with Crippen LogP contribution in [0.1, 0.15) is 25.8 Å². The number of aliphatic carboxylic acids is 1. The molecular formula is C17H24N2O4. The smallest absolute Gasteiger partial charge is 0.317 e. The van der Waals surface area contributed by atoms with Crippen molar-refractivity contribution in [1.82, 2.24) is 10.2 Å². The van der Waals surface area contributed by atoms with Crippen molar-refractivity contribution >= 4 is 12.0 Å². The first kappa shape index (κ1) is 17.1. The molecule has 0 aromatic heterocycles. The fourth-order valence-electron chi connectivity index (χ4n) is 2.73. The third-order valence-corrected chi connectivity index (χ3v) is 4.22. The number of carboxylic acid groups (broad SMARTS) is 1. The Hall–Kier alpha value is -2.24. The molecule has 0 saturated carbocycles. The highest BCUT2D eigenvalue weighted by Crippen LogP contribution is 2.29. The lowest BCUT2D eigenvalue weighted by Crippen LogP contribution is -2.41. The van der Waals surface area contributed by atoms with Gasteiger partial charge in [0.2, 0.25) is 0 Å². The molecule has 2 rings (SSSR count). The zero-order chi connectivity index (χ0) is 16.9. The number of hydrogen-bond donors (Lipinski definition) is 2. The summed E-state index contributed by atoms with van der Waals surface area (Å²) in [6, 6.07) is 7.56. The van der Waals surface area contributed by atoms with Gasteiger partial charge in [0.25, 0.3) is 0 Å². The summed E-state index contributed by atoms with van der Waals surface area (Å²) in [5, 5.41) is 12.1. The fourth-order valence-corrected chi connectivity index (χ4v) is 2.73. The summed E-state index contributed by atoms with van der Waals surface area (Å²) in [7, 11) is 0. The maximum Gasteiger partial charge on any atom is 0.317 e. The van der Waals surface area contributed by atoms with Gasteiger partial charge in [0, 0.05) is 19.6 Å². The fraction of sp³-hybridized carbons (Fsp3) is 0.529. The number of rotatable bonds is 6. The largest absolute Gasteiger partial charge is 0.494 e. The van der Waals surface area contributed by atoms with Gasteiger partial charge in [-0.25, -0.2) is 4.79 Å². The van der Waals surface area contributed by atoms with Gasteiger partial charge < -0.3 is 20.1 Å². The molecule has 1 heterocycles. The van der Waals surface area contributed by atoms with E-state index >= 15 is 0 Å². The summed E-state index contributed by atoms with van der Waals surface area (Å²) in [6.45, 7) is 5.44. The minimum absolute atomic E-state index is 0.205. The lowest BCUT2D eigenvalue weighted by Gasteiger charge is -2.20. The van der Waals surface area contributed by atoms with Crippen LogP contribution in [-0.2, 0) is 11.2 Å². The number of ether oxygens (including phenoxy) is 1. The van der Waals surface area contributed by atoms with E-state index in [0.717, 1.165) is 11.3 Å². The first-order chi connectivity index (χ1) is 11.0. The van der Waals surface area contributed by atoms with Crippen LogP contribution in [0.4, 0.5) is 4.79 Å². The molecule has 2 amide bonds. The van der Waals surface area contributed by atoms with Crippen molar-refractivity contribution in [2.75, 3.05) is 26.2 Å². The molecule has 6 heteroatoms.